The molecule has 21 heavy (non-hydrogen) atoms. The van der Waals surface area contributed by atoms with Gasteiger partial charge >= 0.3 is 0 Å². The third kappa shape index (κ3) is 3.29. The highest BCUT2D eigenvalue weighted by atomic mass is 16.7. The van der Waals surface area contributed by atoms with Gasteiger partial charge in [-0.15, -0.1) is 0 Å². The summed E-state index contributed by atoms with van der Waals surface area (Å²) >= 11 is 0. The van der Waals surface area contributed by atoms with Crippen molar-refractivity contribution in [3.63, 3.8) is 0 Å². The number of rotatable bonds is 3. The van der Waals surface area contributed by atoms with Crippen LogP contribution in [0.3, 0.4) is 0 Å². The molecule has 1 aromatic heterocycles. The molecule has 6 nitrogen and oxygen atoms in total. The third-order valence-corrected chi connectivity index (χ3v) is 3.20. The maximum atomic E-state index is 5.73. The zero-order valence-electron chi connectivity index (χ0n) is 11.9. The number of anilines is 1. The van der Waals surface area contributed by atoms with E-state index in [1.165, 1.54) is 0 Å². The number of imidazole rings is 1. The van der Waals surface area contributed by atoms with Gasteiger partial charge < -0.3 is 15.2 Å². The van der Waals surface area contributed by atoms with Crippen LogP contribution in [0.1, 0.15) is 29.5 Å². The van der Waals surface area contributed by atoms with Gasteiger partial charge in [-0.25, -0.2) is 9.66 Å². The smallest absolute Gasteiger partial charge is 0.221 e. The number of nitrogens with two attached hydrogens (primary N) is 1. The lowest BCUT2D eigenvalue weighted by atomic mass is 10.1. The van der Waals surface area contributed by atoms with Crippen molar-refractivity contribution < 1.29 is 9.47 Å². The van der Waals surface area contributed by atoms with Gasteiger partial charge in [-0.2, -0.15) is 5.10 Å². The zero-order chi connectivity index (χ0) is 14.7. The molecule has 0 unspecified atom stereocenters. The van der Waals surface area contributed by atoms with Gasteiger partial charge in [0, 0.05) is 5.56 Å². The standard InChI is InChI=1S/C15H18N4O2/c1-11-10-19(15(16)18-11)17-9-12-3-5-13(6-4-12)14-20-7-2-8-21-14/h3-6,9-10,14H,2,7-8H2,1H3,(H2,16,18). The molecule has 1 saturated heterocycles. The second kappa shape index (κ2) is 6.07. The predicted octanol–water partition coefficient (Wildman–Crippen LogP) is 2.09. The van der Waals surface area contributed by atoms with Crippen LogP contribution in [0.5, 0.6) is 0 Å². The number of nitrogens with zero attached hydrogens (tertiary/aromatic N) is 3. The Morgan fingerprint density at radius 2 is 2.00 bits per heavy atom. The topological polar surface area (TPSA) is 74.7 Å². The highest BCUT2D eigenvalue weighted by molar-refractivity contribution is 5.79. The van der Waals surface area contributed by atoms with E-state index in [-0.39, 0.29) is 6.29 Å². The SMILES string of the molecule is Cc1cn(N=Cc2ccc(C3OCCCO3)cc2)c(N)n1. The van der Waals surface area contributed by atoms with Gasteiger partial charge in [-0.3, -0.25) is 0 Å². The van der Waals surface area contributed by atoms with Crippen molar-refractivity contribution in [2.24, 2.45) is 5.10 Å². The first-order valence-corrected chi connectivity index (χ1v) is 6.91. The van der Waals surface area contributed by atoms with E-state index in [0.717, 1.165) is 36.5 Å². The van der Waals surface area contributed by atoms with Gasteiger partial charge in [0.1, 0.15) is 0 Å². The fraction of sp³-hybridized carbons (Fsp3) is 0.333. The van der Waals surface area contributed by atoms with Crippen molar-refractivity contribution in [1.29, 1.82) is 0 Å². The van der Waals surface area contributed by atoms with Crippen LogP contribution in [0.15, 0.2) is 35.6 Å². The summed E-state index contributed by atoms with van der Waals surface area (Å²) in [6.07, 6.45) is 4.22. The van der Waals surface area contributed by atoms with Crippen molar-refractivity contribution in [3.8, 4) is 0 Å². The molecular weight excluding hydrogens is 268 g/mol. The number of aryl methyl sites for hydroxylation is 1. The van der Waals surface area contributed by atoms with Gasteiger partial charge in [0.2, 0.25) is 5.95 Å². The van der Waals surface area contributed by atoms with Crippen LogP contribution >= 0.6 is 0 Å². The normalized spacial score (nSPS) is 16.6. The Balaban J connectivity index is 1.70. The monoisotopic (exact) mass is 286 g/mol. The highest BCUT2D eigenvalue weighted by Gasteiger charge is 2.15. The fourth-order valence-electron chi connectivity index (χ4n) is 2.14. The number of benzene rings is 1. The van der Waals surface area contributed by atoms with Crippen LogP contribution in [0.4, 0.5) is 5.95 Å². The summed E-state index contributed by atoms with van der Waals surface area (Å²) in [4.78, 5) is 4.09. The Hall–Kier alpha value is -2.18. The molecule has 0 spiro atoms. The minimum absolute atomic E-state index is 0.253. The number of nitrogen functional groups attached to an aromatic ring is 1. The average Bonchev–Trinajstić information content (AvgIpc) is 2.84. The fourth-order valence-corrected chi connectivity index (χ4v) is 2.14. The second-order valence-electron chi connectivity index (χ2n) is 4.92. The molecule has 2 N–H and O–H groups in total. The summed E-state index contributed by atoms with van der Waals surface area (Å²) < 4.78 is 12.7. The summed E-state index contributed by atoms with van der Waals surface area (Å²) in [5.41, 5.74) is 8.56. The van der Waals surface area contributed by atoms with E-state index in [9.17, 15) is 0 Å². The molecular formula is C15H18N4O2. The van der Waals surface area contributed by atoms with E-state index in [4.69, 9.17) is 15.2 Å². The molecule has 0 saturated carbocycles. The van der Waals surface area contributed by atoms with Crippen LogP contribution < -0.4 is 5.73 Å². The van der Waals surface area contributed by atoms with E-state index < -0.39 is 0 Å². The van der Waals surface area contributed by atoms with Gasteiger partial charge in [-0.1, -0.05) is 24.3 Å². The zero-order valence-corrected chi connectivity index (χ0v) is 11.9. The van der Waals surface area contributed by atoms with Gasteiger partial charge in [0.25, 0.3) is 0 Å². The molecule has 110 valence electrons. The first-order chi connectivity index (χ1) is 10.2. The van der Waals surface area contributed by atoms with E-state index in [0.29, 0.717) is 5.95 Å². The van der Waals surface area contributed by atoms with Crippen molar-refractivity contribution in [2.45, 2.75) is 19.6 Å². The Bertz CT molecular complexity index is 628. The van der Waals surface area contributed by atoms with Crippen molar-refractivity contribution in [2.75, 3.05) is 18.9 Å². The summed E-state index contributed by atoms with van der Waals surface area (Å²) in [7, 11) is 0. The van der Waals surface area contributed by atoms with E-state index in [2.05, 4.69) is 10.1 Å². The van der Waals surface area contributed by atoms with Crippen LogP contribution in [0, 0.1) is 6.92 Å². The quantitative estimate of drug-likeness (QED) is 0.877. The predicted molar refractivity (Wildman–Crippen MR) is 80.1 cm³/mol. The Morgan fingerprint density at radius 3 is 2.62 bits per heavy atom. The number of ether oxygens (including phenoxy) is 2. The molecule has 0 aliphatic carbocycles. The Kier molecular flexibility index (Phi) is 3.98. The van der Waals surface area contributed by atoms with E-state index in [1.54, 1.807) is 17.1 Å². The summed E-state index contributed by atoms with van der Waals surface area (Å²) in [6, 6.07) is 7.92. The maximum absolute atomic E-state index is 5.73. The van der Waals surface area contributed by atoms with Gasteiger partial charge in [-0.05, 0) is 18.9 Å². The summed E-state index contributed by atoms with van der Waals surface area (Å²) in [6.45, 7) is 3.36. The highest BCUT2D eigenvalue weighted by Crippen LogP contribution is 2.22. The molecule has 3 rings (SSSR count). The number of hydrogen-bond acceptors (Lipinski definition) is 5. The van der Waals surface area contributed by atoms with Crippen molar-refractivity contribution >= 4 is 12.2 Å². The minimum atomic E-state index is -0.253. The molecule has 0 atom stereocenters. The first kappa shape index (κ1) is 13.8. The molecule has 1 aromatic carbocycles. The lowest BCUT2D eigenvalue weighted by Crippen LogP contribution is -2.17. The van der Waals surface area contributed by atoms with Crippen LogP contribution in [-0.2, 0) is 9.47 Å². The Labute approximate surface area is 123 Å². The van der Waals surface area contributed by atoms with Gasteiger partial charge in [0.15, 0.2) is 6.29 Å². The lowest BCUT2D eigenvalue weighted by molar-refractivity contribution is -0.183. The molecule has 1 fully saturated rings. The molecule has 1 aliphatic heterocycles. The maximum Gasteiger partial charge on any atom is 0.221 e. The molecule has 0 amide bonds. The van der Waals surface area contributed by atoms with E-state index >= 15 is 0 Å². The molecule has 0 radical (unpaired) electrons. The first-order valence-electron chi connectivity index (χ1n) is 6.91. The molecule has 1 aliphatic rings. The Morgan fingerprint density at radius 1 is 1.29 bits per heavy atom. The van der Waals surface area contributed by atoms with Crippen LogP contribution in [-0.4, -0.2) is 29.1 Å². The number of hydrogen-bond donors (Lipinski definition) is 1. The minimum Gasteiger partial charge on any atom is -0.368 e. The lowest BCUT2D eigenvalue weighted by Gasteiger charge is -2.23. The van der Waals surface area contributed by atoms with E-state index in [1.807, 2.05) is 31.2 Å². The van der Waals surface area contributed by atoms with Crippen molar-refractivity contribution in [1.82, 2.24) is 9.66 Å². The summed E-state index contributed by atoms with van der Waals surface area (Å²) in [5.74, 6) is 0.379. The molecule has 0 bridgehead atoms. The molecule has 6 heteroatoms. The molecule has 2 aromatic rings. The van der Waals surface area contributed by atoms with Crippen molar-refractivity contribution in [3.05, 3.63) is 47.3 Å². The van der Waals surface area contributed by atoms with Gasteiger partial charge in [0.05, 0.1) is 31.3 Å². The largest absolute Gasteiger partial charge is 0.368 e. The number of aromatic nitrogens is 2. The van der Waals surface area contributed by atoms with Crippen LogP contribution in [0.2, 0.25) is 0 Å². The summed E-state index contributed by atoms with van der Waals surface area (Å²) in [5, 5.41) is 4.28. The third-order valence-electron chi connectivity index (χ3n) is 3.20. The second-order valence-corrected chi connectivity index (χ2v) is 4.92. The average molecular weight is 286 g/mol. The molecule has 2 heterocycles. The van der Waals surface area contributed by atoms with Crippen LogP contribution in [0.25, 0.3) is 0 Å².